The Morgan fingerprint density at radius 1 is 1.00 bits per heavy atom. The van der Waals surface area contributed by atoms with Crippen molar-refractivity contribution in [2.24, 2.45) is 0 Å². The van der Waals surface area contributed by atoms with Gasteiger partial charge < -0.3 is 5.32 Å². The van der Waals surface area contributed by atoms with Gasteiger partial charge in [-0.1, -0.05) is 24.3 Å². The normalized spacial score (nSPS) is 12.3. The average Bonchev–Trinajstić information content (AvgIpc) is 2.72. The SMILES string of the molecule is Cc1ccc(C)c(N([C@@H](C)C(=O)Nc2ccc(Cc3ccncc3)cc2)S(C)(=O)=O)c1. The smallest absolute Gasteiger partial charge is 0.247 e. The number of hydrogen-bond acceptors (Lipinski definition) is 4. The number of benzene rings is 2. The summed E-state index contributed by atoms with van der Waals surface area (Å²) in [5, 5.41) is 2.83. The molecule has 1 amide bonds. The average molecular weight is 438 g/mol. The van der Waals surface area contributed by atoms with Crippen molar-refractivity contribution in [2.45, 2.75) is 33.2 Å². The zero-order valence-corrected chi connectivity index (χ0v) is 19.0. The quantitative estimate of drug-likeness (QED) is 0.604. The molecule has 3 aromatic rings. The van der Waals surface area contributed by atoms with Crippen LogP contribution < -0.4 is 9.62 Å². The van der Waals surface area contributed by atoms with Gasteiger partial charge in [-0.25, -0.2) is 8.42 Å². The monoisotopic (exact) mass is 437 g/mol. The lowest BCUT2D eigenvalue weighted by atomic mass is 10.1. The van der Waals surface area contributed by atoms with E-state index < -0.39 is 22.0 Å². The number of carbonyl (C=O) groups is 1. The molecule has 0 saturated heterocycles. The maximum absolute atomic E-state index is 12.9. The molecule has 0 bridgehead atoms. The molecule has 1 N–H and O–H groups in total. The van der Waals surface area contributed by atoms with E-state index in [4.69, 9.17) is 0 Å². The van der Waals surface area contributed by atoms with Crippen LogP contribution in [0.25, 0.3) is 0 Å². The molecule has 7 heteroatoms. The second-order valence-electron chi connectivity index (χ2n) is 7.74. The Morgan fingerprint density at radius 2 is 1.61 bits per heavy atom. The number of pyridine rings is 1. The number of amides is 1. The topological polar surface area (TPSA) is 79.4 Å². The predicted octanol–water partition coefficient (Wildman–Crippen LogP) is 4.08. The van der Waals surface area contributed by atoms with Gasteiger partial charge in [-0.15, -0.1) is 0 Å². The Kier molecular flexibility index (Phi) is 6.75. The lowest BCUT2D eigenvalue weighted by Crippen LogP contribution is -2.45. The van der Waals surface area contributed by atoms with Gasteiger partial charge in [-0.2, -0.15) is 0 Å². The highest BCUT2D eigenvalue weighted by atomic mass is 32.2. The zero-order chi connectivity index (χ0) is 22.6. The van der Waals surface area contributed by atoms with Crippen LogP contribution in [0.15, 0.2) is 67.0 Å². The molecule has 1 atom stereocenters. The lowest BCUT2D eigenvalue weighted by Gasteiger charge is -2.29. The van der Waals surface area contributed by atoms with Gasteiger partial charge in [0.1, 0.15) is 6.04 Å². The number of carbonyl (C=O) groups excluding carboxylic acids is 1. The molecule has 162 valence electrons. The van der Waals surface area contributed by atoms with E-state index in [1.165, 1.54) is 4.31 Å². The summed E-state index contributed by atoms with van der Waals surface area (Å²) in [5.74, 6) is -0.395. The molecule has 0 aliphatic carbocycles. The Balaban J connectivity index is 1.77. The fraction of sp³-hybridized carbons (Fsp3) is 0.250. The maximum Gasteiger partial charge on any atom is 0.247 e. The molecule has 0 spiro atoms. The Morgan fingerprint density at radius 3 is 2.23 bits per heavy atom. The van der Waals surface area contributed by atoms with E-state index in [9.17, 15) is 13.2 Å². The van der Waals surface area contributed by atoms with Crippen molar-refractivity contribution in [1.82, 2.24) is 4.98 Å². The third-order valence-electron chi connectivity index (χ3n) is 5.07. The van der Waals surface area contributed by atoms with Crippen LogP contribution in [0.1, 0.15) is 29.2 Å². The number of hydrogen-bond donors (Lipinski definition) is 1. The van der Waals surface area contributed by atoms with Gasteiger partial charge in [0.25, 0.3) is 0 Å². The summed E-state index contributed by atoms with van der Waals surface area (Å²) < 4.78 is 26.3. The number of nitrogens with one attached hydrogen (secondary N) is 1. The minimum atomic E-state index is -3.67. The first kappa shape index (κ1) is 22.5. The Labute approximate surface area is 184 Å². The fourth-order valence-electron chi connectivity index (χ4n) is 3.43. The molecule has 0 saturated carbocycles. The van der Waals surface area contributed by atoms with Gasteiger partial charge in [0.15, 0.2) is 0 Å². The highest BCUT2D eigenvalue weighted by Crippen LogP contribution is 2.27. The van der Waals surface area contributed by atoms with E-state index in [-0.39, 0.29) is 0 Å². The van der Waals surface area contributed by atoms with E-state index >= 15 is 0 Å². The molecule has 2 aromatic carbocycles. The minimum Gasteiger partial charge on any atom is -0.324 e. The molecule has 1 heterocycles. The minimum absolute atomic E-state index is 0.395. The highest BCUT2D eigenvalue weighted by Gasteiger charge is 2.30. The van der Waals surface area contributed by atoms with Crippen LogP contribution in [-0.2, 0) is 21.2 Å². The first-order valence-corrected chi connectivity index (χ1v) is 11.9. The first-order valence-electron chi connectivity index (χ1n) is 10.0. The van der Waals surface area contributed by atoms with Crippen molar-refractivity contribution in [3.05, 3.63) is 89.2 Å². The van der Waals surface area contributed by atoms with Crippen molar-refractivity contribution >= 4 is 27.3 Å². The van der Waals surface area contributed by atoms with E-state index in [0.29, 0.717) is 11.4 Å². The first-order chi connectivity index (χ1) is 14.6. The van der Waals surface area contributed by atoms with Gasteiger partial charge in [-0.05, 0) is 79.8 Å². The number of aromatic nitrogens is 1. The zero-order valence-electron chi connectivity index (χ0n) is 18.2. The van der Waals surface area contributed by atoms with Gasteiger partial charge in [0.2, 0.25) is 15.9 Å². The maximum atomic E-state index is 12.9. The Bertz CT molecular complexity index is 1160. The van der Waals surface area contributed by atoms with Gasteiger partial charge in [0, 0.05) is 18.1 Å². The van der Waals surface area contributed by atoms with E-state index in [0.717, 1.165) is 34.9 Å². The molecule has 31 heavy (non-hydrogen) atoms. The van der Waals surface area contributed by atoms with E-state index in [2.05, 4.69) is 10.3 Å². The molecule has 6 nitrogen and oxygen atoms in total. The number of rotatable bonds is 7. The molecular weight excluding hydrogens is 410 g/mol. The standard InChI is InChI=1S/C24H27N3O3S/c1-17-5-6-18(2)23(15-17)27(31(4,29)30)19(3)24(28)26-22-9-7-20(8-10-22)16-21-11-13-25-14-12-21/h5-15,19H,16H2,1-4H3,(H,26,28)/t19-/m0/s1. The van der Waals surface area contributed by atoms with Gasteiger partial charge in [0.05, 0.1) is 11.9 Å². The van der Waals surface area contributed by atoms with Crippen LogP contribution in [0.4, 0.5) is 11.4 Å². The second-order valence-corrected chi connectivity index (χ2v) is 9.60. The highest BCUT2D eigenvalue weighted by molar-refractivity contribution is 7.92. The number of anilines is 2. The largest absolute Gasteiger partial charge is 0.324 e. The van der Waals surface area contributed by atoms with E-state index in [1.807, 2.05) is 62.4 Å². The van der Waals surface area contributed by atoms with Crippen LogP contribution in [0, 0.1) is 13.8 Å². The van der Waals surface area contributed by atoms with Crippen LogP contribution in [0.3, 0.4) is 0 Å². The summed E-state index contributed by atoms with van der Waals surface area (Å²) in [5.41, 5.74) is 5.09. The number of sulfonamides is 1. The van der Waals surface area contributed by atoms with Gasteiger partial charge >= 0.3 is 0 Å². The van der Waals surface area contributed by atoms with Crippen LogP contribution in [0.5, 0.6) is 0 Å². The number of aryl methyl sites for hydroxylation is 2. The summed E-state index contributed by atoms with van der Waals surface area (Å²) in [7, 11) is -3.67. The van der Waals surface area contributed by atoms with Crippen LogP contribution in [0.2, 0.25) is 0 Å². The summed E-state index contributed by atoms with van der Waals surface area (Å²) in [4.78, 5) is 16.9. The van der Waals surface area contributed by atoms with Crippen LogP contribution in [-0.4, -0.2) is 31.6 Å². The molecule has 0 unspecified atom stereocenters. The fourth-order valence-corrected chi connectivity index (χ4v) is 4.65. The summed E-state index contributed by atoms with van der Waals surface area (Å²) in [6.07, 6.45) is 5.40. The molecule has 0 aliphatic rings. The van der Waals surface area contributed by atoms with Crippen molar-refractivity contribution in [3.8, 4) is 0 Å². The molecule has 1 aromatic heterocycles. The van der Waals surface area contributed by atoms with Crippen molar-refractivity contribution in [3.63, 3.8) is 0 Å². The molecule has 3 rings (SSSR count). The lowest BCUT2D eigenvalue weighted by molar-refractivity contribution is -0.116. The van der Waals surface area contributed by atoms with Crippen molar-refractivity contribution in [1.29, 1.82) is 0 Å². The van der Waals surface area contributed by atoms with E-state index in [1.54, 1.807) is 25.4 Å². The summed E-state index contributed by atoms with van der Waals surface area (Å²) in [6.45, 7) is 5.32. The summed E-state index contributed by atoms with van der Waals surface area (Å²) >= 11 is 0. The van der Waals surface area contributed by atoms with Crippen LogP contribution >= 0.6 is 0 Å². The second kappa shape index (κ2) is 9.31. The summed E-state index contributed by atoms with van der Waals surface area (Å²) in [6, 6.07) is 16.1. The Hall–Kier alpha value is -3.19. The molecule has 0 aliphatic heterocycles. The van der Waals surface area contributed by atoms with Crippen molar-refractivity contribution in [2.75, 3.05) is 15.9 Å². The molecule has 0 radical (unpaired) electrons. The third-order valence-corrected chi connectivity index (χ3v) is 6.30. The van der Waals surface area contributed by atoms with Crippen molar-refractivity contribution < 1.29 is 13.2 Å². The predicted molar refractivity (Wildman–Crippen MR) is 125 cm³/mol. The third kappa shape index (κ3) is 5.70. The van der Waals surface area contributed by atoms with Gasteiger partial charge in [-0.3, -0.25) is 14.1 Å². The molecular formula is C24H27N3O3S. The number of nitrogens with zero attached hydrogens (tertiary/aromatic N) is 2. The molecule has 0 fully saturated rings.